The van der Waals surface area contributed by atoms with Crippen LogP contribution in [-0.2, 0) is 0 Å². The van der Waals surface area contributed by atoms with Gasteiger partial charge in [-0.15, -0.1) is 0 Å². The van der Waals surface area contributed by atoms with Gasteiger partial charge in [-0.1, -0.05) is 25.1 Å². The van der Waals surface area contributed by atoms with Crippen LogP contribution in [0, 0.1) is 0 Å². The van der Waals surface area contributed by atoms with Crippen LogP contribution in [0.25, 0.3) is 0 Å². The Morgan fingerprint density at radius 3 is 3.12 bits per heavy atom. The largest absolute Gasteiger partial charge is 0.493 e. The number of rotatable bonds is 5. The summed E-state index contributed by atoms with van der Waals surface area (Å²) < 4.78 is 5.67. The van der Waals surface area contributed by atoms with E-state index in [1.165, 1.54) is 5.56 Å². The van der Waals surface area contributed by atoms with Crippen LogP contribution in [0.15, 0.2) is 24.3 Å². The van der Waals surface area contributed by atoms with Crippen molar-refractivity contribution in [3.05, 3.63) is 29.8 Å². The van der Waals surface area contributed by atoms with Crippen LogP contribution < -0.4 is 10.5 Å². The number of nitrogens with two attached hydrogens (primary N) is 1. The van der Waals surface area contributed by atoms with Gasteiger partial charge in [0.1, 0.15) is 5.75 Å². The highest BCUT2D eigenvalue weighted by molar-refractivity contribution is 7.99. The zero-order valence-electron chi connectivity index (χ0n) is 9.69. The number of thioether (sulfide) groups is 1. The van der Waals surface area contributed by atoms with E-state index in [0.717, 1.165) is 31.1 Å². The van der Waals surface area contributed by atoms with Crippen molar-refractivity contribution in [3.8, 4) is 5.75 Å². The van der Waals surface area contributed by atoms with Crippen molar-refractivity contribution in [1.82, 2.24) is 0 Å². The third-order valence-electron chi connectivity index (χ3n) is 2.95. The molecule has 0 saturated carbocycles. The Balaban J connectivity index is 1.88. The lowest BCUT2D eigenvalue weighted by atomic mass is 10.0. The average Bonchev–Trinajstić information content (AvgIpc) is 2.70. The third-order valence-corrected chi connectivity index (χ3v) is 4.35. The van der Waals surface area contributed by atoms with E-state index in [9.17, 15) is 0 Å². The summed E-state index contributed by atoms with van der Waals surface area (Å²) in [5.74, 6) is 2.76. The molecule has 88 valence electrons. The number of benzene rings is 1. The molecule has 1 aliphatic rings. The van der Waals surface area contributed by atoms with Crippen molar-refractivity contribution in [2.75, 3.05) is 18.9 Å². The van der Waals surface area contributed by atoms with Gasteiger partial charge in [0.05, 0.1) is 6.61 Å². The fourth-order valence-electron chi connectivity index (χ4n) is 1.97. The third kappa shape index (κ3) is 2.71. The highest BCUT2D eigenvalue weighted by Crippen LogP contribution is 2.36. The van der Waals surface area contributed by atoms with Gasteiger partial charge in [0.15, 0.2) is 0 Å². The second-order valence-corrected chi connectivity index (χ2v) is 5.74. The fraction of sp³-hybridized carbons (Fsp3) is 0.538. The van der Waals surface area contributed by atoms with E-state index in [2.05, 4.69) is 25.1 Å². The smallest absolute Gasteiger partial charge is 0.122 e. The molecule has 0 bridgehead atoms. The van der Waals surface area contributed by atoms with Gasteiger partial charge in [-0.05, 0) is 19.0 Å². The van der Waals surface area contributed by atoms with Gasteiger partial charge >= 0.3 is 0 Å². The summed E-state index contributed by atoms with van der Waals surface area (Å²) >= 11 is 2.00. The Hall–Kier alpha value is -0.670. The van der Waals surface area contributed by atoms with Crippen molar-refractivity contribution in [1.29, 1.82) is 0 Å². The molecule has 2 unspecified atom stereocenters. The molecule has 0 aromatic heterocycles. The minimum atomic E-state index is 0.557. The van der Waals surface area contributed by atoms with E-state index in [-0.39, 0.29) is 0 Å². The Morgan fingerprint density at radius 2 is 2.31 bits per heavy atom. The SMILES string of the molecule is CC(CCN)SCC1COc2ccccc21. The zero-order chi connectivity index (χ0) is 11.4. The van der Waals surface area contributed by atoms with E-state index in [0.29, 0.717) is 11.2 Å². The molecule has 1 aromatic rings. The van der Waals surface area contributed by atoms with Crippen molar-refractivity contribution in [2.24, 2.45) is 5.73 Å². The minimum absolute atomic E-state index is 0.557. The van der Waals surface area contributed by atoms with E-state index in [4.69, 9.17) is 10.5 Å². The summed E-state index contributed by atoms with van der Waals surface area (Å²) in [6.45, 7) is 3.87. The Bertz CT molecular complexity index is 342. The van der Waals surface area contributed by atoms with Crippen LogP contribution in [0.2, 0.25) is 0 Å². The molecular weight excluding hydrogens is 218 g/mol. The predicted molar refractivity (Wildman–Crippen MR) is 70.3 cm³/mol. The number of ether oxygens (including phenoxy) is 1. The molecule has 2 rings (SSSR count). The Kier molecular flexibility index (Phi) is 4.13. The van der Waals surface area contributed by atoms with Gasteiger partial charge in [-0.3, -0.25) is 0 Å². The van der Waals surface area contributed by atoms with Gasteiger partial charge < -0.3 is 10.5 Å². The molecule has 3 heteroatoms. The lowest BCUT2D eigenvalue weighted by Gasteiger charge is -2.13. The molecule has 0 fully saturated rings. The molecule has 16 heavy (non-hydrogen) atoms. The highest BCUT2D eigenvalue weighted by Gasteiger charge is 2.23. The van der Waals surface area contributed by atoms with Gasteiger partial charge in [0.2, 0.25) is 0 Å². The Labute approximate surface area is 102 Å². The fourth-order valence-corrected chi connectivity index (χ4v) is 3.11. The first-order valence-electron chi connectivity index (χ1n) is 5.84. The molecule has 0 saturated heterocycles. The molecule has 0 amide bonds. The van der Waals surface area contributed by atoms with Crippen LogP contribution in [-0.4, -0.2) is 24.2 Å². The van der Waals surface area contributed by atoms with Crippen LogP contribution in [0.4, 0.5) is 0 Å². The first-order chi connectivity index (χ1) is 7.81. The normalized spacial score (nSPS) is 20.2. The number of fused-ring (bicyclic) bond motifs is 1. The maximum absolute atomic E-state index is 5.67. The van der Waals surface area contributed by atoms with E-state index in [1.54, 1.807) is 0 Å². The van der Waals surface area contributed by atoms with E-state index < -0.39 is 0 Å². The predicted octanol–water partition coefficient (Wildman–Crippen LogP) is 2.63. The molecule has 0 radical (unpaired) electrons. The maximum Gasteiger partial charge on any atom is 0.122 e. The lowest BCUT2D eigenvalue weighted by Crippen LogP contribution is -2.10. The average molecular weight is 237 g/mol. The summed E-state index contributed by atoms with van der Waals surface area (Å²) in [6.07, 6.45) is 1.10. The van der Waals surface area contributed by atoms with Crippen molar-refractivity contribution in [3.63, 3.8) is 0 Å². The lowest BCUT2D eigenvalue weighted by molar-refractivity contribution is 0.338. The molecule has 0 spiro atoms. The Morgan fingerprint density at radius 1 is 1.50 bits per heavy atom. The molecule has 2 N–H and O–H groups in total. The van der Waals surface area contributed by atoms with Gasteiger partial charge in [-0.25, -0.2) is 0 Å². The van der Waals surface area contributed by atoms with Gasteiger partial charge in [0.25, 0.3) is 0 Å². The van der Waals surface area contributed by atoms with Crippen molar-refractivity contribution >= 4 is 11.8 Å². The van der Waals surface area contributed by atoms with Crippen molar-refractivity contribution in [2.45, 2.75) is 24.5 Å². The summed E-state index contributed by atoms with van der Waals surface area (Å²) in [7, 11) is 0. The van der Waals surface area contributed by atoms with Crippen LogP contribution in [0.1, 0.15) is 24.8 Å². The molecule has 1 aromatic carbocycles. The van der Waals surface area contributed by atoms with E-state index in [1.807, 2.05) is 17.8 Å². The first-order valence-corrected chi connectivity index (χ1v) is 6.89. The van der Waals surface area contributed by atoms with Gasteiger partial charge in [-0.2, -0.15) is 11.8 Å². The summed E-state index contributed by atoms with van der Waals surface area (Å²) in [5, 5.41) is 0.651. The zero-order valence-corrected chi connectivity index (χ0v) is 10.5. The van der Waals surface area contributed by atoms with E-state index >= 15 is 0 Å². The number of hydrogen-bond acceptors (Lipinski definition) is 3. The topological polar surface area (TPSA) is 35.2 Å². The first kappa shape index (κ1) is 11.8. The molecule has 1 heterocycles. The van der Waals surface area contributed by atoms with Gasteiger partial charge in [0, 0.05) is 22.5 Å². The standard InChI is InChI=1S/C13H19NOS/c1-10(6-7-14)16-9-11-8-15-13-5-3-2-4-12(11)13/h2-5,10-11H,6-9,14H2,1H3. The highest BCUT2D eigenvalue weighted by atomic mass is 32.2. The van der Waals surface area contributed by atoms with Crippen LogP contribution in [0.3, 0.4) is 0 Å². The van der Waals surface area contributed by atoms with Crippen LogP contribution in [0.5, 0.6) is 5.75 Å². The minimum Gasteiger partial charge on any atom is -0.493 e. The summed E-state index contributed by atoms with van der Waals surface area (Å²) in [4.78, 5) is 0. The van der Waals surface area contributed by atoms with Crippen LogP contribution >= 0.6 is 11.8 Å². The molecular formula is C13H19NOS. The van der Waals surface area contributed by atoms with Crippen molar-refractivity contribution < 1.29 is 4.74 Å². The monoisotopic (exact) mass is 237 g/mol. The summed E-state index contributed by atoms with van der Waals surface area (Å²) in [6, 6.07) is 8.37. The molecule has 2 atom stereocenters. The second-order valence-electron chi connectivity index (χ2n) is 4.27. The quantitative estimate of drug-likeness (QED) is 0.855. The molecule has 0 aliphatic carbocycles. The number of hydrogen-bond donors (Lipinski definition) is 1. The number of para-hydroxylation sites is 1. The molecule has 1 aliphatic heterocycles. The second kappa shape index (κ2) is 5.60. The summed E-state index contributed by atoms with van der Waals surface area (Å²) in [5.41, 5.74) is 6.92. The maximum atomic E-state index is 5.67. The molecule has 2 nitrogen and oxygen atoms in total.